The van der Waals surface area contributed by atoms with Crippen LogP contribution < -0.4 is 15.2 Å². The molecule has 3 aromatic rings. The Balaban J connectivity index is 1.70. The van der Waals surface area contributed by atoms with Gasteiger partial charge in [0.05, 0.1) is 4.90 Å². The zero-order valence-corrected chi connectivity index (χ0v) is 16.7. The minimum Gasteiger partial charge on any atom is -0.372 e. The fraction of sp³-hybridized carbons (Fsp3) is 0.190. The number of carbonyl (C=O) groups excluding carboxylic acids is 1. The highest BCUT2D eigenvalue weighted by Gasteiger charge is 2.16. The summed E-state index contributed by atoms with van der Waals surface area (Å²) in [4.78, 5) is 16.7. The van der Waals surface area contributed by atoms with Crippen LogP contribution in [0.2, 0.25) is 0 Å². The Kier molecular flexibility index (Phi) is 5.96. The van der Waals surface area contributed by atoms with E-state index in [-0.39, 0.29) is 4.90 Å². The third-order valence-corrected chi connectivity index (χ3v) is 5.83. The predicted molar refractivity (Wildman–Crippen MR) is 112 cm³/mol. The number of fused-ring (bicyclic) bond motifs is 1. The largest absolute Gasteiger partial charge is 0.372 e. The lowest BCUT2D eigenvalue weighted by Crippen LogP contribution is -2.41. The molecule has 0 aliphatic rings. The Morgan fingerprint density at radius 2 is 1.54 bits per heavy atom. The topological polar surface area (TPSA) is 78.5 Å². The molecule has 146 valence electrons. The first-order valence-corrected chi connectivity index (χ1v) is 10.6. The third kappa shape index (κ3) is 4.32. The molecule has 1 amide bonds. The molecule has 0 fully saturated rings. The van der Waals surface area contributed by atoms with Crippen LogP contribution in [0, 0.1) is 0 Å². The van der Waals surface area contributed by atoms with E-state index in [4.69, 9.17) is 0 Å². The summed E-state index contributed by atoms with van der Waals surface area (Å²) >= 11 is 0. The van der Waals surface area contributed by atoms with E-state index < -0.39 is 15.9 Å². The zero-order chi connectivity index (χ0) is 20.1. The molecule has 0 aliphatic heterocycles. The summed E-state index contributed by atoms with van der Waals surface area (Å²) in [5, 5.41) is 1.75. The molecule has 7 heteroatoms. The van der Waals surface area contributed by atoms with Crippen LogP contribution in [0.25, 0.3) is 10.8 Å². The number of benzene rings is 3. The molecule has 0 saturated heterocycles. The molecule has 0 bridgehead atoms. The molecule has 0 saturated carbocycles. The van der Waals surface area contributed by atoms with Gasteiger partial charge in [0.25, 0.3) is 15.9 Å². The molecule has 3 rings (SSSR count). The maximum Gasteiger partial charge on any atom is 0.266 e. The lowest BCUT2D eigenvalue weighted by atomic mass is 10.1. The maximum atomic E-state index is 12.5. The van der Waals surface area contributed by atoms with Crippen LogP contribution in [0.1, 0.15) is 24.2 Å². The molecule has 3 aromatic carbocycles. The number of hydrogen-bond acceptors (Lipinski definition) is 4. The van der Waals surface area contributed by atoms with Crippen molar-refractivity contribution in [3.8, 4) is 0 Å². The standard InChI is InChI=1S/C21H23N3O3S/c1-3-24(4-2)19-12-9-17(10-13-19)21(25)22-23-28(26,27)20-14-11-16-7-5-6-8-18(16)15-20/h5-15,23H,3-4H2,1-2H3,(H,22,25). The highest BCUT2D eigenvalue weighted by atomic mass is 32.2. The van der Waals surface area contributed by atoms with Gasteiger partial charge in [-0.3, -0.25) is 10.2 Å². The van der Waals surface area contributed by atoms with Crippen molar-refractivity contribution in [2.75, 3.05) is 18.0 Å². The number of sulfonamides is 1. The summed E-state index contributed by atoms with van der Waals surface area (Å²) in [6, 6.07) is 19.3. The Morgan fingerprint density at radius 3 is 2.18 bits per heavy atom. The lowest BCUT2D eigenvalue weighted by molar-refractivity contribution is 0.0945. The van der Waals surface area contributed by atoms with Gasteiger partial charge in [-0.2, -0.15) is 0 Å². The average Bonchev–Trinajstić information content (AvgIpc) is 2.73. The minimum absolute atomic E-state index is 0.0865. The summed E-state index contributed by atoms with van der Waals surface area (Å²) < 4.78 is 25.0. The van der Waals surface area contributed by atoms with E-state index >= 15 is 0 Å². The SMILES string of the molecule is CCN(CC)c1ccc(C(=O)NNS(=O)(=O)c2ccc3ccccc3c2)cc1. The van der Waals surface area contributed by atoms with Crippen LogP contribution in [0.15, 0.2) is 71.6 Å². The first kappa shape index (κ1) is 19.9. The van der Waals surface area contributed by atoms with Gasteiger partial charge in [0.2, 0.25) is 0 Å². The Labute approximate surface area is 165 Å². The average molecular weight is 398 g/mol. The summed E-state index contributed by atoms with van der Waals surface area (Å²) in [6.45, 7) is 5.86. The van der Waals surface area contributed by atoms with Crippen LogP contribution in [-0.2, 0) is 10.0 Å². The number of rotatable bonds is 7. The van der Waals surface area contributed by atoms with E-state index in [1.807, 2.05) is 36.4 Å². The van der Waals surface area contributed by atoms with E-state index in [9.17, 15) is 13.2 Å². The molecule has 0 spiro atoms. The van der Waals surface area contributed by atoms with Crippen molar-refractivity contribution in [3.63, 3.8) is 0 Å². The van der Waals surface area contributed by atoms with Crippen LogP contribution in [0.3, 0.4) is 0 Å². The highest BCUT2D eigenvalue weighted by molar-refractivity contribution is 7.89. The molecule has 0 radical (unpaired) electrons. The maximum absolute atomic E-state index is 12.5. The molecular formula is C21H23N3O3S. The minimum atomic E-state index is -3.87. The summed E-state index contributed by atoms with van der Waals surface area (Å²) in [5.74, 6) is -0.518. The van der Waals surface area contributed by atoms with Crippen LogP contribution in [0.4, 0.5) is 5.69 Å². The molecule has 0 heterocycles. The van der Waals surface area contributed by atoms with Gasteiger partial charge in [0, 0.05) is 24.3 Å². The second kappa shape index (κ2) is 8.41. The first-order chi connectivity index (χ1) is 13.4. The smallest absolute Gasteiger partial charge is 0.266 e. The number of hydrogen-bond donors (Lipinski definition) is 2. The van der Waals surface area contributed by atoms with Gasteiger partial charge in [0.15, 0.2) is 0 Å². The van der Waals surface area contributed by atoms with Crippen molar-refractivity contribution in [3.05, 3.63) is 72.3 Å². The van der Waals surface area contributed by atoms with Crippen LogP contribution in [-0.4, -0.2) is 27.4 Å². The summed E-state index contributed by atoms with van der Waals surface area (Å²) in [5.41, 5.74) is 3.66. The van der Waals surface area contributed by atoms with E-state index in [1.165, 1.54) is 6.07 Å². The quantitative estimate of drug-likeness (QED) is 0.600. The molecule has 0 aliphatic carbocycles. The van der Waals surface area contributed by atoms with Gasteiger partial charge in [-0.05, 0) is 61.0 Å². The van der Waals surface area contributed by atoms with Crippen LogP contribution in [0.5, 0.6) is 0 Å². The predicted octanol–water partition coefficient (Wildman–Crippen LogP) is 3.31. The normalized spacial score (nSPS) is 11.4. The molecule has 0 unspecified atom stereocenters. The van der Waals surface area contributed by atoms with Crippen molar-refractivity contribution < 1.29 is 13.2 Å². The van der Waals surface area contributed by atoms with Gasteiger partial charge in [-0.25, -0.2) is 8.42 Å². The number of nitrogens with zero attached hydrogens (tertiary/aromatic N) is 1. The molecular weight excluding hydrogens is 374 g/mol. The monoisotopic (exact) mass is 397 g/mol. The number of nitrogens with one attached hydrogen (secondary N) is 2. The molecule has 28 heavy (non-hydrogen) atoms. The third-order valence-electron chi connectivity index (χ3n) is 4.59. The Morgan fingerprint density at radius 1 is 0.893 bits per heavy atom. The van der Waals surface area contributed by atoms with E-state index in [1.54, 1.807) is 24.3 Å². The van der Waals surface area contributed by atoms with Crippen molar-refractivity contribution >= 4 is 32.4 Å². The van der Waals surface area contributed by atoms with Crippen LogP contribution >= 0.6 is 0 Å². The van der Waals surface area contributed by atoms with Crippen molar-refractivity contribution in [2.45, 2.75) is 18.7 Å². The number of amides is 1. The van der Waals surface area contributed by atoms with Gasteiger partial charge in [0.1, 0.15) is 0 Å². The Hall–Kier alpha value is -2.90. The van der Waals surface area contributed by atoms with Gasteiger partial charge < -0.3 is 4.90 Å². The van der Waals surface area contributed by atoms with E-state index in [0.717, 1.165) is 29.5 Å². The van der Waals surface area contributed by atoms with Crippen molar-refractivity contribution in [1.82, 2.24) is 10.3 Å². The summed E-state index contributed by atoms with van der Waals surface area (Å²) in [6.07, 6.45) is 0. The van der Waals surface area contributed by atoms with E-state index in [2.05, 4.69) is 29.0 Å². The van der Waals surface area contributed by atoms with Gasteiger partial charge >= 0.3 is 0 Å². The second-order valence-corrected chi connectivity index (χ2v) is 7.97. The van der Waals surface area contributed by atoms with Crippen molar-refractivity contribution in [1.29, 1.82) is 0 Å². The highest BCUT2D eigenvalue weighted by Crippen LogP contribution is 2.19. The zero-order valence-electron chi connectivity index (χ0n) is 15.8. The second-order valence-electron chi connectivity index (χ2n) is 6.29. The van der Waals surface area contributed by atoms with Crippen molar-refractivity contribution in [2.24, 2.45) is 0 Å². The number of anilines is 1. The molecule has 6 nitrogen and oxygen atoms in total. The first-order valence-electron chi connectivity index (χ1n) is 9.10. The van der Waals surface area contributed by atoms with Gasteiger partial charge in [-0.1, -0.05) is 30.3 Å². The number of carbonyl (C=O) groups is 1. The van der Waals surface area contributed by atoms with Gasteiger partial charge in [-0.15, -0.1) is 4.83 Å². The fourth-order valence-electron chi connectivity index (χ4n) is 2.99. The Bertz CT molecular complexity index is 1080. The summed E-state index contributed by atoms with van der Waals surface area (Å²) in [7, 11) is -3.87. The molecule has 2 N–H and O–H groups in total. The lowest BCUT2D eigenvalue weighted by Gasteiger charge is -2.21. The molecule has 0 aromatic heterocycles. The van der Waals surface area contributed by atoms with E-state index in [0.29, 0.717) is 5.56 Å². The molecule has 0 atom stereocenters. The fourth-order valence-corrected chi connectivity index (χ4v) is 3.87. The number of hydrazine groups is 1.